The summed E-state index contributed by atoms with van der Waals surface area (Å²) >= 11 is 11.5. The second-order valence-electron chi connectivity index (χ2n) is 5.56. The van der Waals surface area contributed by atoms with E-state index < -0.39 is 0 Å². The van der Waals surface area contributed by atoms with Crippen molar-refractivity contribution < 1.29 is 4.39 Å². The molecule has 1 heterocycles. The number of hydrogen-bond acceptors (Lipinski definition) is 2. The third-order valence-corrected chi connectivity index (χ3v) is 4.00. The molecule has 2 aromatic carbocycles. The van der Waals surface area contributed by atoms with E-state index in [-0.39, 0.29) is 12.4 Å². The number of rotatable bonds is 4. The zero-order chi connectivity index (χ0) is 17.8. The molecule has 0 unspecified atom stereocenters. The lowest BCUT2D eigenvalue weighted by Crippen LogP contribution is -2.19. The minimum Gasteiger partial charge on any atom is -0.332 e. The van der Waals surface area contributed by atoms with Crippen LogP contribution in [0.2, 0.25) is 5.02 Å². The van der Waals surface area contributed by atoms with Crippen LogP contribution in [0.1, 0.15) is 11.1 Å². The highest BCUT2D eigenvalue weighted by atomic mass is 35.5. The first-order valence-electron chi connectivity index (χ1n) is 7.62. The topological polar surface area (TPSA) is 41.9 Å². The van der Waals surface area contributed by atoms with E-state index in [1.54, 1.807) is 29.1 Å². The van der Waals surface area contributed by atoms with Crippen LogP contribution < -0.4 is 10.6 Å². The lowest BCUT2D eigenvalue weighted by molar-refractivity contribution is 0.586. The van der Waals surface area contributed by atoms with Crippen LogP contribution in [-0.2, 0) is 6.54 Å². The molecule has 0 saturated heterocycles. The molecule has 0 saturated carbocycles. The van der Waals surface area contributed by atoms with E-state index in [1.165, 1.54) is 6.07 Å². The number of nitrogens with one attached hydrogen (secondary N) is 2. The fourth-order valence-corrected chi connectivity index (χ4v) is 2.77. The minimum atomic E-state index is -0.278. The normalized spacial score (nSPS) is 10.5. The van der Waals surface area contributed by atoms with Crippen molar-refractivity contribution in [1.82, 2.24) is 9.78 Å². The molecular weight excluding hydrogens is 359 g/mol. The Labute approximate surface area is 155 Å². The smallest absolute Gasteiger partial charge is 0.176 e. The summed E-state index contributed by atoms with van der Waals surface area (Å²) in [7, 11) is 0. The van der Waals surface area contributed by atoms with E-state index in [0.29, 0.717) is 21.5 Å². The Morgan fingerprint density at radius 1 is 1.20 bits per heavy atom. The van der Waals surface area contributed by atoms with Gasteiger partial charge >= 0.3 is 0 Å². The predicted molar refractivity (Wildman–Crippen MR) is 104 cm³/mol. The number of anilines is 2. The quantitative estimate of drug-likeness (QED) is 0.641. The molecule has 2 N–H and O–H groups in total. The molecule has 0 fully saturated rings. The largest absolute Gasteiger partial charge is 0.332 e. The third kappa shape index (κ3) is 4.55. The van der Waals surface area contributed by atoms with Gasteiger partial charge in [-0.05, 0) is 42.9 Å². The summed E-state index contributed by atoms with van der Waals surface area (Å²) in [5, 5.41) is 11.2. The molecule has 0 aliphatic heterocycles. The molecular formula is C18H16ClFN4S. The van der Waals surface area contributed by atoms with Gasteiger partial charge in [0.05, 0.1) is 6.54 Å². The van der Waals surface area contributed by atoms with Gasteiger partial charge in [-0.3, -0.25) is 4.68 Å². The number of aromatic nitrogens is 2. The second-order valence-corrected chi connectivity index (χ2v) is 6.38. The summed E-state index contributed by atoms with van der Waals surface area (Å²) < 4.78 is 15.3. The van der Waals surface area contributed by atoms with Crippen molar-refractivity contribution >= 4 is 40.4 Å². The van der Waals surface area contributed by atoms with Crippen molar-refractivity contribution in [3.8, 4) is 0 Å². The molecule has 0 radical (unpaired) electrons. The van der Waals surface area contributed by atoms with E-state index in [1.807, 2.05) is 31.2 Å². The van der Waals surface area contributed by atoms with Gasteiger partial charge in [0.15, 0.2) is 10.9 Å². The molecule has 4 nitrogen and oxygen atoms in total. The molecule has 25 heavy (non-hydrogen) atoms. The van der Waals surface area contributed by atoms with Gasteiger partial charge in [-0.15, -0.1) is 0 Å². The van der Waals surface area contributed by atoms with Crippen LogP contribution in [0.3, 0.4) is 0 Å². The fourth-order valence-electron chi connectivity index (χ4n) is 2.36. The first-order valence-corrected chi connectivity index (χ1v) is 8.41. The SMILES string of the molecule is Cc1cccc(NC(=S)Nc2nn(Cc3ccccc3F)cc2Cl)c1. The summed E-state index contributed by atoms with van der Waals surface area (Å²) in [4.78, 5) is 0. The number of hydrogen-bond donors (Lipinski definition) is 2. The molecule has 1 aromatic heterocycles. The van der Waals surface area contributed by atoms with Crippen molar-refractivity contribution in [3.63, 3.8) is 0 Å². The van der Waals surface area contributed by atoms with Crippen LogP contribution in [0.4, 0.5) is 15.9 Å². The third-order valence-electron chi connectivity index (χ3n) is 3.52. The van der Waals surface area contributed by atoms with Gasteiger partial charge in [-0.1, -0.05) is 41.9 Å². The van der Waals surface area contributed by atoms with Crippen molar-refractivity contribution in [2.75, 3.05) is 10.6 Å². The summed E-state index contributed by atoms with van der Waals surface area (Å²) in [5.74, 6) is 0.142. The maximum absolute atomic E-state index is 13.7. The Bertz CT molecular complexity index is 910. The van der Waals surface area contributed by atoms with E-state index in [2.05, 4.69) is 15.7 Å². The fraction of sp³-hybridized carbons (Fsp3) is 0.111. The molecule has 3 aromatic rings. The molecule has 3 rings (SSSR count). The van der Waals surface area contributed by atoms with E-state index in [4.69, 9.17) is 23.8 Å². The summed E-state index contributed by atoms with van der Waals surface area (Å²) in [6.45, 7) is 2.29. The van der Waals surface area contributed by atoms with Gasteiger partial charge in [-0.25, -0.2) is 4.39 Å². The lowest BCUT2D eigenvalue weighted by atomic mass is 10.2. The van der Waals surface area contributed by atoms with Crippen LogP contribution in [0.5, 0.6) is 0 Å². The monoisotopic (exact) mass is 374 g/mol. The van der Waals surface area contributed by atoms with Gasteiger partial charge in [0.1, 0.15) is 10.8 Å². The molecule has 0 bridgehead atoms. The molecule has 0 aliphatic rings. The number of nitrogens with zero attached hydrogens (tertiary/aromatic N) is 2. The molecule has 0 atom stereocenters. The minimum absolute atomic E-state index is 0.278. The summed E-state index contributed by atoms with van der Waals surface area (Å²) in [6, 6.07) is 14.4. The highest BCUT2D eigenvalue weighted by Gasteiger charge is 2.10. The standard InChI is InChI=1S/C18H16ClFN4S/c1-12-5-4-7-14(9-12)21-18(25)22-17-15(19)11-24(23-17)10-13-6-2-3-8-16(13)20/h2-9,11H,10H2,1H3,(H2,21,22,23,25). The average Bonchev–Trinajstić information content (AvgIpc) is 2.89. The Morgan fingerprint density at radius 3 is 2.76 bits per heavy atom. The van der Waals surface area contributed by atoms with Crippen LogP contribution in [0, 0.1) is 12.7 Å². The number of aryl methyl sites for hydroxylation is 1. The van der Waals surface area contributed by atoms with Crippen molar-refractivity contribution in [2.24, 2.45) is 0 Å². The van der Waals surface area contributed by atoms with Crippen LogP contribution in [-0.4, -0.2) is 14.9 Å². The van der Waals surface area contributed by atoms with Crippen LogP contribution >= 0.6 is 23.8 Å². The molecule has 0 spiro atoms. The van der Waals surface area contributed by atoms with Gasteiger partial charge in [0, 0.05) is 17.4 Å². The average molecular weight is 375 g/mol. The predicted octanol–water partition coefficient (Wildman–Crippen LogP) is 4.84. The van der Waals surface area contributed by atoms with Gasteiger partial charge in [0.2, 0.25) is 0 Å². The maximum Gasteiger partial charge on any atom is 0.176 e. The van der Waals surface area contributed by atoms with E-state index >= 15 is 0 Å². The Balaban J connectivity index is 1.68. The van der Waals surface area contributed by atoms with E-state index in [9.17, 15) is 4.39 Å². The lowest BCUT2D eigenvalue weighted by Gasteiger charge is -2.09. The number of thiocarbonyl (C=S) groups is 1. The summed E-state index contributed by atoms with van der Waals surface area (Å²) in [6.07, 6.45) is 1.63. The highest BCUT2D eigenvalue weighted by Crippen LogP contribution is 2.21. The van der Waals surface area contributed by atoms with Gasteiger partial charge < -0.3 is 10.6 Å². The molecule has 7 heteroatoms. The Kier molecular flexibility index (Phi) is 5.31. The zero-order valence-electron chi connectivity index (χ0n) is 13.5. The van der Waals surface area contributed by atoms with Gasteiger partial charge in [0.25, 0.3) is 0 Å². The van der Waals surface area contributed by atoms with Crippen molar-refractivity contribution in [3.05, 3.63) is 76.7 Å². The Morgan fingerprint density at radius 2 is 2.00 bits per heavy atom. The number of halogens is 2. The summed E-state index contributed by atoms with van der Waals surface area (Å²) in [5.41, 5.74) is 2.54. The van der Waals surface area contributed by atoms with Gasteiger partial charge in [-0.2, -0.15) is 5.10 Å². The van der Waals surface area contributed by atoms with Crippen molar-refractivity contribution in [2.45, 2.75) is 13.5 Å². The maximum atomic E-state index is 13.7. The van der Waals surface area contributed by atoms with Crippen LogP contribution in [0.25, 0.3) is 0 Å². The Hall–Kier alpha value is -2.44. The second kappa shape index (κ2) is 7.63. The highest BCUT2D eigenvalue weighted by molar-refractivity contribution is 7.80. The first kappa shape index (κ1) is 17.4. The molecule has 0 amide bonds. The van der Waals surface area contributed by atoms with E-state index in [0.717, 1.165) is 11.3 Å². The molecule has 128 valence electrons. The van der Waals surface area contributed by atoms with Crippen LogP contribution in [0.15, 0.2) is 54.7 Å². The molecule has 0 aliphatic carbocycles. The van der Waals surface area contributed by atoms with Crippen molar-refractivity contribution in [1.29, 1.82) is 0 Å². The number of benzene rings is 2. The zero-order valence-corrected chi connectivity index (χ0v) is 15.0. The first-order chi connectivity index (χ1) is 12.0.